The number of pyridine rings is 1. The highest BCUT2D eigenvalue weighted by Crippen LogP contribution is 2.28. The molecule has 0 spiro atoms. The molecule has 0 aliphatic carbocycles. The summed E-state index contributed by atoms with van der Waals surface area (Å²) >= 11 is 0. The predicted octanol–water partition coefficient (Wildman–Crippen LogP) is 4.57. The lowest BCUT2D eigenvalue weighted by molar-refractivity contribution is -0.142. The van der Waals surface area contributed by atoms with Gasteiger partial charge in [0, 0.05) is 36.6 Å². The standard InChI is InChI=1S/C28H31N7O4.ClH/c1-4-38-25(36)13-15-35(21-6-5-14-31-16-21)28(37)39-23-12-11-22-26(18(23)2)33-24(32-22)17-34(3)20-9-7-19(8-10-20)27(29)30;/h5-12,14,16H,4,13,15,17H2,1-3H3,(H3,29,30)(H,32,33);1H. The number of halogens is 1. The highest BCUT2D eigenvalue weighted by Gasteiger charge is 2.22. The highest BCUT2D eigenvalue weighted by molar-refractivity contribution is 5.95. The second-order valence-corrected chi connectivity index (χ2v) is 8.87. The van der Waals surface area contributed by atoms with Crippen molar-refractivity contribution in [3.05, 3.63) is 77.9 Å². The Kier molecular flexibility index (Phi) is 10.0. The van der Waals surface area contributed by atoms with Crippen LogP contribution in [0.5, 0.6) is 5.75 Å². The van der Waals surface area contributed by atoms with Gasteiger partial charge in [-0.3, -0.25) is 20.1 Å². The van der Waals surface area contributed by atoms with E-state index in [-0.39, 0.29) is 37.8 Å². The van der Waals surface area contributed by atoms with Crippen molar-refractivity contribution < 1.29 is 19.1 Å². The largest absolute Gasteiger partial charge is 0.466 e. The number of nitrogen functional groups attached to an aromatic ring is 1. The number of fused-ring (bicyclic) bond motifs is 1. The first-order valence-corrected chi connectivity index (χ1v) is 12.5. The molecular weight excluding hydrogens is 534 g/mol. The van der Waals surface area contributed by atoms with Crippen LogP contribution in [0.2, 0.25) is 0 Å². The first-order chi connectivity index (χ1) is 18.8. The number of hydrogen-bond acceptors (Lipinski definition) is 8. The third kappa shape index (κ3) is 7.06. The molecule has 0 aliphatic heterocycles. The number of hydrogen-bond donors (Lipinski definition) is 3. The van der Waals surface area contributed by atoms with Crippen molar-refractivity contribution in [1.29, 1.82) is 5.41 Å². The van der Waals surface area contributed by atoms with Gasteiger partial charge in [-0.05, 0) is 62.4 Å². The van der Waals surface area contributed by atoms with Gasteiger partial charge in [-0.1, -0.05) is 0 Å². The maximum Gasteiger partial charge on any atom is 0.419 e. The molecule has 0 saturated heterocycles. The number of esters is 1. The maximum absolute atomic E-state index is 13.2. The first-order valence-electron chi connectivity index (χ1n) is 12.5. The molecule has 4 rings (SSSR count). The highest BCUT2D eigenvalue weighted by atomic mass is 35.5. The van der Waals surface area contributed by atoms with E-state index in [9.17, 15) is 9.59 Å². The van der Waals surface area contributed by atoms with E-state index < -0.39 is 12.1 Å². The molecule has 11 nitrogen and oxygen atoms in total. The summed E-state index contributed by atoms with van der Waals surface area (Å²) in [7, 11) is 1.94. The van der Waals surface area contributed by atoms with Crippen molar-refractivity contribution in [1.82, 2.24) is 15.0 Å². The number of nitrogens with one attached hydrogen (secondary N) is 2. The molecule has 12 heteroatoms. The molecule has 1 amide bonds. The molecule has 0 bridgehead atoms. The summed E-state index contributed by atoms with van der Waals surface area (Å²) in [6.45, 7) is 4.42. The van der Waals surface area contributed by atoms with E-state index in [2.05, 4.69) is 9.97 Å². The second kappa shape index (κ2) is 13.4. The Morgan fingerprint density at radius 2 is 1.85 bits per heavy atom. The lowest BCUT2D eigenvalue weighted by Crippen LogP contribution is -2.35. The number of aromatic nitrogens is 3. The molecule has 2 aromatic heterocycles. The molecule has 0 unspecified atom stereocenters. The van der Waals surface area contributed by atoms with Gasteiger partial charge in [0.1, 0.15) is 17.4 Å². The van der Waals surface area contributed by atoms with E-state index in [0.717, 1.165) is 17.0 Å². The van der Waals surface area contributed by atoms with E-state index in [4.69, 9.17) is 25.6 Å². The summed E-state index contributed by atoms with van der Waals surface area (Å²) in [5.74, 6) is 0.724. The number of amides is 1. The molecule has 0 atom stereocenters. The Balaban J connectivity index is 0.00000441. The van der Waals surface area contributed by atoms with Gasteiger partial charge in [0.2, 0.25) is 0 Å². The number of carbonyl (C=O) groups is 2. The third-order valence-corrected chi connectivity index (χ3v) is 6.13. The van der Waals surface area contributed by atoms with Crippen molar-refractivity contribution in [3.63, 3.8) is 0 Å². The number of aromatic amines is 1. The number of amidine groups is 1. The second-order valence-electron chi connectivity index (χ2n) is 8.87. The quantitative estimate of drug-likeness (QED) is 0.144. The van der Waals surface area contributed by atoms with Crippen molar-refractivity contribution >= 4 is 52.7 Å². The van der Waals surface area contributed by atoms with Gasteiger partial charge in [0.05, 0.1) is 42.5 Å². The van der Waals surface area contributed by atoms with E-state index in [0.29, 0.717) is 34.6 Å². The zero-order valence-corrected chi connectivity index (χ0v) is 23.3. The monoisotopic (exact) mass is 565 g/mol. The van der Waals surface area contributed by atoms with Crippen LogP contribution in [0.15, 0.2) is 60.9 Å². The summed E-state index contributed by atoms with van der Waals surface area (Å²) in [6.07, 6.45) is 2.51. The average molecular weight is 566 g/mol. The fourth-order valence-corrected chi connectivity index (χ4v) is 4.07. The third-order valence-electron chi connectivity index (χ3n) is 6.13. The number of H-pyrrole nitrogens is 1. The summed E-state index contributed by atoms with van der Waals surface area (Å²) in [4.78, 5) is 40.7. The lowest BCUT2D eigenvalue weighted by Gasteiger charge is -2.22. The Bertz CT molecular complexity index is 1480. The molecule has 40 heavy (non-hydrogen) atoms. The van der Waals surface area contributed by atoms with Crippen molar-refractivity contribution in [2.45, 2.75) is 26.8 Å². The van der Waals surface area contributed by atoms with Gasteiger partial charge in [-0.15, -0.1) is 12.4 Å². The smallest absolute Gasteiger partial charge is 0.419 e. The van der Waals surface area contributed by atoms with E-state index >= 15 is 0 Å². The minimum Gasteiger partial charge on any atom is -0.466 e. The Morgan fingerprint density at radius 3 is 2.50 bits per heavy atom. The number of rotatable bonds is 10. The fraction of sp³-hybridized carbons (Fsp3) is 0.250. The van der Waals surface area contributed by atoms with Gasteiger partial charge in [0.25, 0.3) is 0 Å². The Hall–Kier alpha value is -4.64. The molecule has 2 heterocycles. The lowest BCUT2D eigenvalue weighted by atomic mass is 10.2. The number of carbonyl (C=O) groups excluding carboxylic acids is 2. The first kappa shape index (κ1) is 29.9. The molecule has 2 aromatic carbocycles. The molecule has 210 valence electrons. The molecule has 0 radical (unpaired) electrons. The zero-order chi connectivity index (χ0) is 27.9. The van der Waals surface area contributed by atoms with Crippen LogP contribution in [0.1, 0.15) is 30.3 Å². The molecule has 0 fully saturated rings. The average Bonchev–Trinajstić information content (AvgIpc) is 3.34. The summed E-state index contributed by atoms with van der Waals surface area (Å²) in [6, 6.07) is 14.4. The topological polar surface area (TPSA) is 151 Å². The van der Waals surface area contributed by atoms with Crippen molar-refractivity contribution in [3.8, 4) is 5.75 Å². The molecule has 4 aromatic rings. The van der Waals surface area contributed by atoms with Crippen LogP contribution in [-0.2, 0) is 16.1 Å². The minimum atomic E-state index is -0.640. The number of imidazole rings is 1. The van der Waals surface area contributed by atoms with Crippen LogP contribution in [0.4, 0.5) is 16.2 Å². The number of anilines is 2. The number of ether oxygens (including phenoxy) is 2. The van der Waals surface area contributed by atoms with Gasteiger partial charge in [0.15, 0.2) is 0 Å². The van der Waals surface area contributed by atoms with Crippen LogP contribution in [0.25, 0.3) is 11.0 Å². The van der Waals surface area contributed by atoms with Crippen molar-refractivity contribution in [2.75, 3.05) is 30.0 Å². The summed E-state index contributed by atoms with van der Waals surface area (Å²) in [5.41, 5.74) is 9.87. The number of aryl methyl sites for hydroxylation is 1. The van der Waals surface area contributed by atoms with Crippen LogP contribution in [-0.4, -0.2) is 53.0 Å². The van der Waals surface area contributed by atoms with Crippen LogP contribution in [0.3, 0.4) is 0 Å². The van der Waals surface area contributed by atoms with Crippen LogP contribution < -0.4 is 20.3 Å². The molecular formula is C28H32ClN7O4. The maximum atomic E-state index is 13.2. The van der Waals surface area contributed by atoms with Crippen LogP contribution >= 0.6 is 12.4 Å². The Morgan fingerprint density at radius 1 is 1.10 bits per heavy atom. The van der Waals surface area contributed by atoms with E-state index in [1.807, 2.05) is 37.1 Å². The fourth-order valence-electron chi connectivity index (χ4n) is 4.07. The number of nitrogens with zero attached hydrogens (tertiary/aromatic N) is 4. The Labute approximate surface area is 238 Å². The molecule has 0 saturated carbocycles. The normalized spacial score (nSPS) is 10.5. The number of nitrogens with two attached hydrogens (primary N) is 1. The summed E-state index contributed by atoms with van der Waals surface area (Å²) in [5, 5.41) is 7.55. The van der Waals surface area contributed by atoms with Gasteiger partial charge in [-0.25, -0.2) is 9.78 Å². The number of benzene rings is 2. The summed E-state index contributed by atoms with van der Waals surface area (Å²) < 4.78 is 10.8. The van der Waals surface area contributed by atoms with Gasteiger partial charge in [-0.2, -0.15) is 0 Å². The van der Waals surface area contributed by atoms with E-state index in [1.165, 1.54) is 11.1 Å². The SMILES string of the molecule is CCOC(=O)CCN(C(=O)Oc1ccc2[nH]c(CN(C)c3ccc(C(=N)N)cc3)nc2c1C)c1cccnc1.Cl. The van der Waals surface area contributed by atoms with Crippen LogP contribution in [0, 0.1) is 12.3 Å². The van der Waals surface area contributed by atoms with Crippen molar-refractivity contribution in [2.24, 2.45) is 5.73 Å². The predicted molar refractivity (Wildman–Crippen MR) is 157 cm³/mol. The van der Waals surface area contributed by atoms with Gasteiger partial charge < -0.3 is 25.1 Å². The van der Waals surface area contributed by atoms with Gasteiger partial charge >= 0.3 is 12.1 Å². The zero-order valence-electron chi connectivity index (χ0n) is 22.5. The molecule has 0 aliphatic rings. The van der Waals surface area contributed by atoms with E-state index in [1.54, 1.807) is 43.5 Å². The molecule has 4 N–H and O–H groups in total. The minimum absolute atomic E-state index is 0.